The van der Waals surface area contributed by atoms with E-state index >= 15 is 0 Å². The second-order valence-corrected chi connectivity index (χ2v) is 8.53. The molecule has 1 amide bonds. The first-order chi connectivity index (χ1) is 14.3. The van der Waals surface area contributed by atoms with Gasteiger partial charge in [-0.3, -0.25) is 0 Å². The molecule has 0 saturated carbocycles. The molecule has 4 rings (SSSR count). The van der Waals surface area contributed by atoms with Crippen molar-refractivity contribution in [2.75, 3.05) is 19.0 Å². The molecule has 0 spiro atoms. The summed E-state index contributed by atoms with van der Waals surface area (Å²) in [4.78, 5) is 14.5. The van der Waals surface area contributed by atoms with E-state index in [1.165, 1.54) is 12.1 Å². The Labute approximate surface area is 203 Å². The molecule has 0 N–H and O–H groups in total. The normalized spacial score (nSPS) is 11.0. The molecule has 152 valence electrons. The average molecular weight is 442 g/mol. The van der Waals surface area contributed by atoms with Crippen molar-refractivity contribution in [1.29, 1.82) is 0 Å². The maximum Gasteiger partial charge on any atom is 1.00 e. The van der Waals surface area contributed by atoms with Gasteiger partial charge < -0.3 is 18.8 Å². The number of nitrogens with zero attached hydrogens (tertiary/aromatic N) is 2. The topological polar surface area (TPSA) is 81.7 Å². The van der Waals surface area contributed by atoms with Gasteiger partial charge in [0.2, 0.25) is 0 Å². The number of hydrogen-bond acceptors (Lipinski definition) is 5. The molecule has 4 aromatic rings. The number of sulfonamides is 1. The molecule has 1 aromatic heterocycles. The van der Waals surface area contributed by atoms with Crippen LogP contribution in [0.2, 0.25) is 0 Å². The van der Waals surface area contributed by atoms with Crippen LogP contribution < -0.4 is 34.5 Å². The zero-order valence-electron chi connectivity index (χ0n) is 17.4. The van der Waals surface area contributed by atoms with Gasteiger partial charge >= 0.3 is 29.6 Å². The SMILES string of the molecule is CN(C)c1ccc2cc(C(=O)[N-]S(=O)(=O)c3ccccc3-c3ccccc3)oc2c1.[Na+]. The zero-order valence-corrected chi connectivity index (χ0v) is 20.3. The molecule has 0 aliphatic rings. The molecule has 0 fully saturated rings. The van der Waals surface area contributed by atoms with Crippen LogP contribution in [0.1, 0.15) is 10.6 Å². The fourth-order valence-corrected chi connectivity index (χ4v) is 4.28. The molecule has 0 unspecified atom stereocenters. The Morgan fingerprint density at radius 3 is 2.29 bits per heavy atom. The Morgan fingerprint density at radius 2 is 1.58 bits per heavy atom. The van der Waals surface area contributed by atoms with Gasteiger partial charge in [-0.05, 0) is 35.4 Å². The monoisotopic (exact) mass is 442 g/mol. The summed E-state index contributed by atoms with van der Waals surface area (Å²) in [5.41, 5.74) is 2.59. The average Bonchev–Trinajstić information content (AvgIpc) is 3.18. The van der Waals surface area contributed by atoms with Crippen LogP contribution in [0.25, 0.3) is 26.8 Å². The summed E-state index contributed by atoms with van der Waals surface area (Å²) in [6, 6.07) is 22.5. The largest absolute Gasteiger partial charge is 1.00 e. The molecule has 31 heavy (non-hydrogen) atoms. The van der Waals surface area contributed by atoms with E-state index in [4.69, 9.17) is 4.42 Å². The number of rotatable bonds is 5. The molecule has 6 nitrogen and oxygen atoms in total. The van der Waals surface area contributed by atoms with Crippen molar-refractivity contribution in [3.8, 4) is 11.1 Å². The molecule has 1 heterocycles. The number of carbonyl (C=O) groups is 1. The first kappa shape index (κ1) is 23.1. The predicted molar refractivity (Wildman–Crippen MR) is 117 cm³/mol. The molecule has 0 saturated heterocycles. The maximum atomic E-state index is 12.9. The van der Waals surface area contributed by atoms with E-state index in [1.807, 2.05) is 49.3 Å². The summed E-state index contributed by atoms with van der Waals surface area (Å²) in [5, 5.41) is 0.696. The second-order valence-electron chi connectivity index (χ2n) is 6.96. The third-order valence-electron chi connectivity index (χ3n) is 4.68. The van der Waals surface area contributed by atoms with E-state index in [-0.39, 0.29) is 40.2 Å². The number of anilines is 1. The summed E-state index contributed by atoms with van der Waals surface area (Å²) in [5.74, 6) is -1.07. The van der Waals surface area contributed by atoms with Gasteiger partial charge in [0.25, 0.3) is 0 Å². The maximum absolute atomic E-state index is 12.9. The van der Waals surface area contributed by atoms with Crippen molar-refractivity contribution >= 4 is 32.6 Å². The first-order valence-electron chi connectivity index (χ1n) is 9.23. The molecule has 0 aliphatic heterocycles. The molecular formula is C23H19N2NaO4S. The molecule has 3 aromatic carbocycles. The zero-order chi connectivity index (χ0) is 21.3. The van der Waals surface area contributed by atoms with Gasteiger partial charge in [0.15, 0.2) is 5.76 Å². The fourth-order valence-electron chi connectivity index (χ4n) is 3.15. The number of furan rings is 1. The Morgan fingerprint density at radius 1 is 0.903 bits per heavy atom. The third-order valence-corrected chi connectivity index (χ3v) is 6.00. The van der Waals surface area contributed by atoms with Crippen molar-refractivity contribution in [3.05, 3.63) is 89.3 Å². The van der Waals surface area contributed by atoms with Crippen LogP contribution in [-0.2, 0) is 10.0 Å². The Kier molecular flexibility index (Phi) is 6.91. The summed E-state index contributed by atoms with van der Waals surface area (Å²) < 4.78 is 35.0. The van der Waals surface area contributed by atoms with Crippen LogP contribution in [-0.4, -0.2) is 28.4 Å². The molecule has 0 bridgehead atoms. The quantitative estimate of drug-likeness (QED) is 0.442. The molecule has 8 heteroatoms. The van der Waals surface area contributed by atoms with Crippen molar-refractivity contribution in [2.24, 2.45) is 0 Å². The van der Waals surface area contributed by atoms with E-state index in [0.717, 1.165) is 11.3 Å². The van der Waals surface area contributed by atoms with Gasteiger partial charge in [0, 0.05) is 31.2 Å². The van der Waals surface area contributed by atoms with E-state index < -0.39 is 15.9 Å². The molecule has 0 radical (unpaired) electrons. The van der Waals surface area contributed by atoms with E-state index in [0.29, 0.717) is 16.5 Å². The molecular weight excluding hydrogens is 423 g/mol. The minimum Gasteiger partial charge on any atom is -0.535 e. The Bertz CT molecular complexity index is 1330. The fraction of sp³-hybridized carbons (Fsp3) is 0.0870. The van der Waals surface area contributed by atoms with Gasteiger partial charge in [0.1, 0.15) is 21.5 Å². The number of carbonyl (C=O) groups excluding carboxylic acids is 1. The molecule has 0 aliphatic carbocycles. The number of fused-ring (bicyclic) bond motifs is 1. The Balaban J connectivity index is 0.00000272. The smallest absolute Gasteiger partial charge is 0.535 e. The van der Waals surface area contributed by atoms with E-state index in [9.17, 15) is 13.2 Å². The van der Waals surface area contributed by atoms with Crippen LogP contribution in [0, 0.1) is 0 Å². The van der Waals surface area contributed by atoms with Crippen LogP contribution >= 0.6 is 0 Å². The number of benzene rings is 3. The number of amides is 1. The summed E-state index contributed by atoms with van der Waals surface area (Å²) in [6.07, 6.45) is 0. The van der Waals surface area contributed by atoms with Gasteiger partial charge in [-0.1, -0.05) is 48.5 Å². The predicted octanol–water partition coefficient (Wildman–Crippen LogP) is 2.07. The Hall–Kier alpha value is -2.58. The summed E-state index contributed by atoms with van der Waals surface area (Å²) in [6.45, 7) is 0. The third kappa shape index (κ3) is 4.85. The standard InChI is InChI=1S/C23H20N2O4S.Na/c1-25(2)18-13-12-17-14-21(29-20(17)15-18)23(26)24-30(27,28)22-11-7-6-10-19(22)16-8-4-3-5-9-16;/h3-15H,1-2H3,(H,24,26);/q;+1/p-1. The van der Waals surface area contributed by atoms with E-state index in [2.05, 4.69) is 4.72 Å². The van der Waals surface area contributed by atoms with Crippen LogP contribution in [0.3, 0.4) is 0 Å². The van der Waals surface area contributed by atoms with Gasteiger partial charge in [-0.2, -0.15) is 0 Å². The van der Waals surface area contributed by atoms with Crippen LogP contribution in [0.5, 0.6) is 0 Å². The van der Waals surface area contributed by atoms with Crippen LogP contribution in [0.15, 0.2) is 88.2 Å². The van der Waals surface area contributed by atoms with Gasteiger partial charge in [-0.25, -0.2) is 8.42 Å². The van der Waals surface area contributed by atoms with Crippen molar-refractivity contribution in [1.82, 2.24) is 0 Å². The minimum absolute atomic E-state index is 0. The number of hydrogen-bond donors (Lipinski definition) is 0. The molecule has 0 atom stereocenters. The second kappa shape index (κ2) is 9.28. The summed E-state index contributed by atoms with van der Waals surface area (Å²) in [7, 11) is -0.456. The minimum atomic E-state index is -4.24. The van der Waals surface area contributed by atoms with Crippen molar-refractivity contribution < 1.29 is 47.2 Å². The van der Waals surface area contributed by atoms with Crippen LogP contribution in [0.4, 0.5) is 5.69 Å². The van der Waals surface area contributed by atoms with Crippen molar-refractivity contribution in [2.45, 2.75) is 4.90 Å². The first-order valence-corrected chi connectivity index (χ1v) is 10.7. The van der Waals surface area contributed by atoms with E-state index in [1.54, 1.807) is 36.4 Å². The van der Waals surface area contributed by atoms with Gasteiger partial charge in [-0.15, -0.1) is 0 Å². The van der Waals surface area contributed by atoms with Crippen molar-refractivity contribution in [3.63, 3.8) is 0 Å². The summed E-state index contributed by atoms with van der Waals surface area (Å²) >= 11 is 0. The van der Waals surface area contributed by atoms with Gasteiger partial charge in [0.05, 0.1) is 4.90 Å².